The number of carbonyl (C=O) groups is 1. The molecule has 1 amide bonds. The average molecular weight is 333 g/mol. The lowest BCUT2D eigenvalue weighted by atomic mass is 9.90. The number of rotatable bonds is 0. The number of nitrogens with zero attached hydrogens (tertiary/aromatic N) is 3. The van der Waals surface area contributed by atoms with E-state index in [4.69, 9.17) is 9.84 Å². The van der Waals surface area contributed by atoms with Crippen molar-refractivity contribution in [3.05, 3.63) is 5.56 Å². The minimum atomic E-state index is -0.446. The maximum atomic E-state index is 12.3. The van der Waals surface area contributed by atoms with Crippen molar-refractivity contribution >= 4 is 17.7 Å². The van der Waals surface area contributed by atoms with Crippen LogP contribution < -0.4 is 10.6 Å². The number of ether oxygens (including phenoxy) is 1. The number of likely N-dealkylation sites (tertiary alicyclic amines) is 1. The van der Waals surface area contributed by atoms with Gasteiger partial charge < -0.3 is 20.3 Å². The lowest BCUT2D eigenvalue weighted by Crippen LogP contribution is -2.50. The van der Waals surface area contributed by atoms with Crippen molar-refractivity contribution in [2.45, 2.75) is 51.7 Å². The topological polar surface area (TPSA) is 71.4 Å². The van der Waals surface area contributed by atoms with Crippen molar-refractivity contribution in [2.75, 3.05) is 36.8 Å². The Morgan fingerprint density at radius 2 is 2.17 bits per heavy atom. The summed E-state index contributed by atoms with van der Waals surface area (Å²) in [7, 11) is 0. The predicted molar refractivity (Wildman–Crippen MR) is 92.5 cm³/mol. The van der Waals surface area contributed by atoms with Gasteiger partial charge in [0, 0.05) is 37.7 Å². The molecule has 132 valence electrons. The fourth-order valence-corrected chi connectivity index (χ4v) is 4.01. The Morgan fingerprint density at radius 3 is 2.96 bits per heavy atom. The number of aromatic nitrogens is 2. The van der Waals surface area contributed by atoms with Crippen molar-refractivity contribution in [3.63, 3.8) is 0 Å². The second-order valence-electron chi connectivity index (χ2n) is 8.07. The molecule has 4 heterocycles. The normalized spacial score (nSPS) is 25.7. The molecule has 0 saturated carbocycles. The predicted octanol–water partition coefficient (Wildman–Crippen LogP) is 2.46. The number of hydrogen-bond donors (Lipinski definition) is 2. The molecular weight excluding hydrogens is 306 g/mol. The van der Waals surface area contributed by atoms with Crippen LogP contribution in [0.15, 0.2) is 0 Å². The summed E-state index contributed by atoms with van der Waals surface area (Å²) >= 11 is 0. The fraction of sp³-hybridized carbons (Fsp3) is 0.765. The molecule has 1 saturated heterocycles. The summed E-state index contributed by atoms with van der Waals surface area (Å²) in [5.74, 6) is 2.60. The standard InChI is InChI=1S/C17H27N5O2/c1-17(2,3)24-16(23)21-8-6-13-11(10-21)9-19-15-12-5-4-7-18-14(12)20-22(13)15/h11,13,19H,4-10H2,1-3H3,(H,18,20). The summed E-state index contributed by atoms with van der Waals surface area (Å²) < 4.78 is 7.70. The molecule has 3 aliphatic rings. The van der Waals surface area contributed by atoms with E-state index in [2.05, 4.69) is 15.3 Å². The second-order valence-corrected chi connectivity index (χ2v) is 8.07. The van der Waals surface area contributed by atoms with Crippen molar-refractivity contribution in [1.29, 1.82) is 0 Å². The van der Waals surface area contributed by atoms with Crippen LogP contribution in [0.5, 0.6) is 0 Å². The summed E-state index contributed by atoms with van der Waals surface area (Å²) in [4.78, 5) is 14.2. The van der Waals surface area contributed by atoms with E-state index in [1.165, 1.54) is 11.4 Å². The Bertz CT molecular complexity index is 648. The van der Waals surface area contributed by atoms with Crippen LogP contribution in [-0.4, -0.2) is 52.6 Å². The molecule has 7 heteroatoms. The Hall–Kier alpha value is -1.92. The first-order chi connectivity index (χ1) is 11.4. The highest BCUT2D eigenvalue weighted by Gasteiger charge is 2.39. The molecule has 0 radical (unpaired) electrons. The van der Waals surface area contributed by atoms with Gasteiger partial charge in [-0.15, -0.1) is 0 Å². The Morgan fingerprint density at radius 1 is 1.33 bits per heavy atom. The first-order valence-electron chi connectivity index (χ1n) is 8.99. The third-order valence-corrected chi connectivity index (χ3v) is 5.10. The lowest BCUT2D eigenvalue weighted by Gasteiger charge is -2.42. The van der Waals surface area contributed by atoms with Crippen LogP contribution in [0.25, 0.3) is 0 Å². The van der Waals surface area contributed by atoms with Gasteiger partial charge in [-0.05, 0) is 40.0 Å². The SMILES string of the molecule is CC(C)(C)OC(=O)N1CCC2C(CNc3c4c(nn32)NCCC4)C1. The second kappa shape index (κ2) is 5.57. The molecule has 2 atom stereocenters. The van der Waals surface area contributed by atoms with E-state index < -0.39 is 5.60 Å². The zero-order valence-corrected chi connectivity index (χ0v) is 14.8. The van der Waals surface area contributed by atoms with Crippen LogP contribution in [0, 0.1) is 5.92 Å². The number of carbonyl (C=O) groups excluding carboxylic acids is 1. The highest BCUT2D eigenvalue weighted by atomic mass is 16.6. The number of amides is 1. The molecule has 2 unspecified atom stereocenters. The van der Waals surface area contributed by atoms with Crippen LogP contribution in [0.4, 0.5) is 16.4 Å². The Balaban J connectivity index is 1.50. The number of hydrogen-bond acceptors (Lipinski definition) is 5. The number of fused-ring (bicyclic) bond motifs is 5. The van der Waals surface area contributed by atoms with E-state index in [9.17, 15) is 4.79 Å². The molecule has 0 aromatic carbocycles. The van der Waals surface area contributed by atoms with Gasteiger partial charge >= 0.3 is 6.09 Å². The summed E-state index contributed by atoms with van der Waals surface area (Å²) in [5.41, 5.74) is 0.882. The highest BCUT2D eigenvalue weighted by Crippen LogP contribution is 2.39. The minimum absolute atomic E-state index is 0.201. The van der Waals surface area contributed by atoms with Gasteiger partial charge in [-0.1, -0.05) is 0 Å². The van der Waals surface area contributed by atoms with E-state index in [-0.39, 0.29) is 6.09 Å². The lowest BCUT2D eigenvalue weighted by molar-refractivity contribution is 0.0107. The zero-order valence-electron chi connectivity index (χ0n) is 14.8. The summed E-state index contributed by atoms with van der Waals surface area (Å²) in [6.07, 6.45) is 2.98. The van der Waals surface area contributed by atoms with Gasteiger partial charge in [-0.25, -0.2) is 9.48 Å². The number of anilines is 2. The van der Waals surface area contributed by atoms with Crippen LogP contribution in [-0.2, 0) is 11.2 Å². The van der Waals surface area contributed by atoms with Crippen molar-refractivity contribution in [2.24, 2.45) is 5.92 Å². The van der Waals surface area contributed by atoms with Gasteiger partial charge in [0.2, 0.25) is 0 Å². The maximum Gasteiger partial charge on any atom is 0.410 e. The molecule has 0 spiro atoms. The van der Waals surface area contributed by atoms with Crippen molar-refractivity contribution in [1.82, 2.24) is 14.7 Å². The summed E-state index contributed by atoms with van der Waals surface area (Å²) in [5, 5.41) is 11.8. The summed E-state index contributed by atoms with van der Waals surface area (Å²) in [6, 6.07) is 0.368. The molecule has 24 heavy (non-hydrogen) atoms. The Labute approximate surface area is 142 Å². The molecule has 0 bridgehead atoms. The third-order valence-electron chi connectivity index (χ3n) is 5.10. The van der Waals surface area contributed by atoms with E-state index in [1.54, 1.807) is 0 Å². The van der Waals surface area contributed by atoms with Crippen LogP contribution in [0.1, 0.15) is 45.2 Å². The van der Waals surface area contributed by atoms with Gasteiger partial charge in [0.15, 0.2) is 5.82 Å². The Kier molecular flexibility index (Phi) is 3.62. The summed E-state index contributed by atoms with van der Waals surface area (Å²) in [6.45, 7) is 9.08. The smallest absolute Gasteiger partial charge is 0.410 e. The largest absolute Gasteiger partial charge is 0.444 e. The molecule has 3 aliphatic heterocycles. The molecular formula is C17H27N5O2. The maximum absolute atomic E-state index is 12.3. The van der Waals surface area contributed by atoms with Crippen LogP contribution in [0.3, 0.4) is 0 Å². The number of piperidine rings is 1. The van der Waals surface area contributed by atoms with Crippen molar-refractivity contribution in [3.8, 4) is 0 Å². The zero-order chi connectivity index (χ0) is 16.9. The van der Waals surface area contributed by atoms with Crippen molar-refractivity contribution < 1.29 is 9.53 Å². The molecule has 1 aromatic heterocycles. The molecule has 1 fully saturated rings. The van der Waals surface area contributed by atoms with Gasteiger partial charge in [0.1, 0.15) is 11.4 Å². The van der Waals surface area contributed by atoms with Crippen LogP contribution >= 0.6 is 0 Å². The molecule has 2 N–H and O–H groups in total. The van der Waals surface area contributed by atoms with Gasteiger partial charge in [0.05, 0.1) is 6.04 Å². The molecule has 4 rings (SSSR count). The van der Waals surface area contributed by atoms with Crippen LogP contribution in [0.2, 0.25) is 0 Å². The monoisotopic (exact) mass is 333 g/mol. The first-order valence-corrected chi connectivity index (χ1v) is 8.99. The average Bonchev–Trinajstić information content (AvgIpc) is 2.91. The quantitative estimate of drug-likeness (QED) is 0.763. The van der Waals surface area contributed by atoms with Gasteiger partial charge in [0.25, 0.3) is 0 Å². The van der Waals surface area contributed by atoms with E-state index in [0.29, 0.717) is 12.0 Å². The van der Waals surface area contributed by atoms with Gasteiger partial charge in [-0.2, -0.15) is 5.10 Å². The van der Waals surface area contributed by atoms with E-state index in [0.717, 1.165) is 51.3 Å². The first kappa shape index (κ1) is 15.6. The van der Waals surface area contributed by atoms with Gasteiger partial charge in [-0.3, -0.25) is 0 Å². The number of nitrogens with one attached hydrogen (secondary N) is 2. The molecule has 7 nitrogen and oxygen atoms in total. The molecule has 0 aliphatic carbocycles. The fourth-order valence-electron chi connectivity index (χ4n) is 4.01. The molecule has 1 aromatic rings. The van der Waals surface area contributed by atoms with E-state index >= 15 is 0 Å². The van der Waals surface area contributed by atoms with E-state index in [1.807, 2.05) is 25.7 Å². The highest BCUT2D eigenvalue weighted by molar-refractivity contribution is 5.68. The third kappa shape index (κ3) is 2.70. The minimum Gasteiger partial charge on any atom is -0.444 e.